The summed E-state index contributed by atoms with van der Waals surface area (Å²) in [6, 6.07) is 13.3. The Balaban J connectivity index is 1.87. The fraction of sp³-hybridized carbons (Fsp3) is 0.300. The average Bonchev–Trinajstić information content (AvgIpc) is 2.57. The maximum absolute atomic E-state index is 12.1. The topological polar surface area (TPSA) is 49.4 Å². The summed E-state index contributed by atoms with van der Waals surface area (Å²) in [4.78, 5) is 26.8. The Morgan fingerprint density at radius 1 is 1.04 bits per heavy atom. The average molecular weight is 356 g/mol. The minimum atomic E-state index is -0.0820. The van der Waals surface area contributed by atoms with Crippen molar-refractivity contribution >= 4 is 29.3 Å². The minimum Gasteiger partial charge on any atom is -0.345 e. The zero-order valence-corrected chi connectivity index (χ0v) is 15.9. The summed E-state index contributed by atoms with van der Waals surface area (Å²) >= 11 is 1.67. The number of anilines is 1. The third-order valence-electron chi connectivity index (χ3n) is 3.88. The zero-order chi connectivity index (χ0) is 18.4. The lowest BCUT2D eigenvalue weighted by atomic mass is 10.1. The van der Waals surface area contributed by atoms with Crippen LogP contribution in [0, 0.1) is 13.8 Å². The van der Waals surface area contributed by atoms with Crippen LogP contribution in [0.5, 0.6) is 0 Å². The molecule has 5 heteroatoms. The molecule has 0 aliphatic carbocycles. The number of rotatable bonds is 6. The molecule has 132 valence electrons. The molecule has 0 aromatic heterocycles. The normalized spacial score (nSPS) is 10.4. The SMILES string of the molecule is Cc1ccc(SCCC(=O)Nc2cccc(C(=O)N(C)C)c2)cc1C. The predicted octanol–water partition coefficient (Wildman–Crippen LogP) is 4.13. The van der Waals surface area contributed by atoms with Crippen LogP contribution in [0.3, 0.4) is 0 Å². The molecule has 0 saturated carbocycles. The summed E-state index contributed by atoms with van der Waals surface area (Å²) in [6.07, 6.45) is 0.420. The van der Waals surface area contributed by atoms with Gasteiger partial charge < -0.3 is 10.2 Å². The van der Waals surface area contributed by atoms with Gasteiger partial charge in [-0.25, -0.2) is 0 Å². The van der Waals surface area contributed by atoms with Crippen LogP contribution in [-0.2, 0) is 4.79 Å². The van der Waals surface area contributed by atoms with Gasteiger partial charge in [0.2, 0.25) is 5.91 Å². The van der Waals surface area contributed by atoms with E-state index in [1.807, 2.05) is 0 Å². The molecular formula is C20H24N2O2S. The van der Waals surface area contributed by atoms with E-state index < -0.39 is 0 Å². The number of hydrogen-bond acceptors (Lipinski definition) is 3. The summed E-state index contributed by atoms with van der Waals surface area (Å²) in [5.74, 6) is 0.581. The molecule has 2 aromatic rings. The number of carbonyl (C=O) groups is 2. The standard InChI is InChI=1S/C20H24N2O2S/c1-14-8-9-18(12-15(14)2)25-11-10-19(23)21-17-7-5-6-16(13-17)20(24)22(3)4/h5-9,12-13H,10-11H2,1-4H3,(H,21,23). The van der Waals surface area contributed by atoms with Crippen molar-refractivity contribution in [2.75, 3.05) is 25.2 Å². The molecule has 0 spiro atoms. The molecule has 0 heterocycles. The molecule has 25 heavy (non-hydrogen) atoms. The number of benzene rings is 2. The fourth-order valence-corrected chi connectivity index (χ4v) is 3.22. The molecule has 0 saturated heterocycles. The van der Waals surface area contributed by atoms with Gasteiger partial charge in [-0.15, -0.1) is 11.8 Å². The van der Waals surface area contributed by atoms with Crippen LogP contribution in [0.2, 0.25) is 0 Å². The van der Waals surface area contributed by atoms with Crippen LogP contribution in [0.1, 0.15) is 27.9 Å². The second-order valence-electron chi connectivity index (χ2n) is 6.17. The highest BCUT2D eigenvalue weighted by molar-refractivity contribution is 7.99. The van der Waals surface area contributed by atoms with Gasteiger partial charge in [-0.2, -0.15) is 0 Å². The number of nitrogens with zero attached hydrogens (tertiary/aromatic N) is 1. The fourth-order valence-electron chi connectivity index (χ4n) is 2.28. The lowest BCUT2D eigenvalue weighted by Crippen LogP contribution is -2.22. The Labute approximate surface area is 153 Å². The van der Waals surface area contributed by atoms with Gasteiger partial charge in [0.05, 0.1) is 0 Å². The van der Waals surface area contributed by atoms with Crippen molar-refractivity contribution in [1.82, 2.24) is 4.90 Å². The van der Waals surface area contributed by atoms with Crippen molar-refractivity contribution in [3.8, 4) is 0 Å². The second kappa shape index (κ2) is 8.72. The van der Waals surface area contributed by atoms with Gasteiger partial charge in [-0.05, 0) is 55.3 Å². The molecule has 1 N–H and O–H groups in total. The summed E-state index contributed by atoms with van der Waals surface area (Å²) in [6.45, 7) is 4.18. The van der Waals surface area contributed by atoms with Gasteiger partial charge in [-0.1, -0.05) is 12.1 Å². The summed E-state index contributed by atoms with van der Waals surface area (Å²) < 4.78 is 0. The van der Waals surface area contributed by atoms with E-state index in [9.17, 15) is 9.59 Å². The Bertz CT molecular complexity index is 772. The lowest BCUT2D eigenvalue weighted by Gasteiger charge is -2.11. The molecule has 0 bridgehead atoms. The van der Waals surface area contributed by atoms with Gasteiger partial charge in [0.25, 0.3) is 5.91 Å². The molecule has 2 rings (SSSR count). The molecule has 2 amide bonds. The van der Waals surface area contributed by atoms with Crippen molar-refractivity contribution in [3.05, 3.63) is 59.2 Å². The first-order chi connectivity index (χ1) is 11.9. The van der Waals surface area contributed by atoms with Crippen LogP contribution < -0.4 is 5.32 Å². The van der Waals surface area contributed by atoms with Crippen LogP contribution in [0.25, 0.3) is 0 Å². The summed E-state index contributed by atoms with van der Waals surface area (Å²) in [5, 5.41) is 2.86. The molecule has 2 aromatic carbocycles. The monoisotopic (exact) mass is 356 g/mol. The van der Waals surface area contributed by atoms with E-state index in [-0.39, 0.29) is 11.8 Å². The van der Waals surface area contributed by atoms with Crippen molar-refractivity contribution < 1.29 is 9.59 Å². The molecule has 4 nitrogen and oxygen atoms in total. The zero-order valence-electron chi connectivity index (χ0n) is 15.1. The van der Waals surface area contributed by atoms with Gasteiger partial charge in [0.1, 0.15) is 0 Å². The van der Waals surface area contributed by atoms with E-state index >= 15 is 0 Å². The lowest BCUT2D eigenvalue weighted by molar-refractivity contribution is -0.115. The largest absolute Gasteiger partial charge is 0.345 e. The number of nitrogens with one attached hydrogen (secondary N) is 1. The van der Waals surface area contributed by atoms with E-state index in [1.54, 1.807) is 50.1 Å². The van der Waals surface area contributed by atoms with Crippen molar-refractivity contribution in [2.24, 2.45) is 0 Å². The Morgan fingerprint density at radius 3 is 2.48 bits per heavy atom. The first-order valence-electron chi connectivity index (χ1n) is 8.18. The van der Waals surface area contributed by atoms with Gasteiger partial charge in [0.15, 0.2) is 0 Å². The number of hydrogen-bond donors (Lipinski definition) is 1. The first kappa shape index (κ1) is 19.1. The summed E-state index contributed by atoms with van der Waals surface area (Å²) in [5.41, 5.74) is 3.74. The van der Waals surface area contributed by atoms with Crippen molar-refractivity contribution in [3.63, 3.8) is 0 Å². The third kappa shape index (κ3) is 5.64. The highest BCUT2D eigenvalue weighted by Crippen LogP contribution is 2.22. The molecule has 0 aliphatic heterocycles. The molecule has 0 fully saturated rings. The van der Waals surface area contributed by atoms with Gasteiger partial charge in [-0.3, -0.25) is 9.59 Å². The number of aryl methyl sites for hydroxylation is 2. The van der Waals surface area contributed by atoms with Crippen LogP contribution in [0.15, 0.2) is 47.4 Å². The minimum absolute atomic E-state index is 0.0502. The number of thioether (sulfide) groups is 1. The van der Waals surface area contributed by atoms with E-state index in [2.05, 4.69) is 37.4 Å². The van der Waals surface area contributed by atoms with Crippen LogP contribution in [0.4, 0.5) is 5.69 Å². The molecule has 0 radical (unpaired) electrons. The van der Waals surface area contributed by atoms with E-state index in [0.717, 1.165) is 0 Å². The van der Waals surface area contributed by atoms with Crippen molar-refractivity contribution in [2.45, 2.75) is 25.2 Å². The molecule has 0 aliphatic rings. The Morgan fingerprint density at radius 2 is 1.80 bits per heavy atom. The van der Waals surface area contributed by atoms with Crippen molar-refractivity contribution in [1.29, 1.82) is 0 Å². The maximum Gasteiger partial charge on any atom is 0.253 e. The van der Waals surface area contributed by atoms with E-state index in [0.29, 0.717) is 23.4 Å². The van der Waals surface area contributed by atoms with Crippen LogP contribution >= 0.6 is 11.8 Å². The predicted molar refractivity (Wildman–Crippen MR) is 104 cm³/mol. The summed E-state index contributed by atoms with van der Waals surface area (Å²) in [7, 11) is 3.41. The Kier molecular flexibility index (Phi) is 6.65. The first-order valence-corrected chi connectivity index (χ1v) is 9.17. The maximum atomic E-state index is 12.1. The highest BCUT2D eigenvalue weighted by atomic mass is 32.2. The Hall–Kier alpha value is -2.27. The third-order valence-corrected chi connectivity index (χ3v) is 4.87. The van der Waals surface area contributed by atoms with Crippen LogP contribution in [-0.4, -0.2) is 36.6 Å². The highest BCUT2D eigenvalue weighted by Gasteiger charge is 2.09. The van der Waals surface area contributed by atoms with E-state index in [1.165, 1.54) is 20.9 Å². The number of amides is 2. The second-order valence-corrected chi connectivity index (χ2v) is 7.34. The molecule has 0 atom stereocenters. The smallest absolute Gasteiger partial charge is 0.253 e. The quantitative estimate of drug-likeness (QED) is 0.792. The van der Waals surface area contributed by atoms with E-state index in [4.69, 9.17) is 0 Å². The van der Waals surface area contributed by atoms with Gasteiger partial charge >= 0.3 is 0 Å². The molecule has 0 unspecified atom stereocenters. The molecular weight excluding hydrogens is 332 g/mol. The van der Waals surface area contributed by atoms with Gasteiger partial charge in [0, 0.05) is 42.4 Å². The number of carbonyl (C=O) groups excluding carboxylic acids is 2.